The molecule has 1 aromatic carbocycles. The average molecular weight is 599 g/mol. The van der Waals surface area contributed by atoms with Crippen molar-refractivity contribution in [2.24, 2.45) is 11.8 Å². The first kappa shape index (κ1) is 29.3. The highest BCUT2D eigenvalue weighted by molar-refractivity contribution is 8.03. The van der Waals surface area contributed by atoms with Crippen LogP contribution in [0.1, 0.15) is 36.7 Å². The maximum atomic E-state index is 13.6. The molecule has 42 heavy (non-hydrogen) atoms. The van der Waals surface area contributed by atoms with E-state index in [9.17, 15) is 29.3 Å². The zero-order valence-electron chi connectivity index (χ0n) is 23.6. The summed E-state index contributed by atoms with van der Waals surface area (Å²) < 4.78 is 6.72. The number of benzene rings is 1. The number of esters is 2. The van der Waals surface area contributed by atoms with Crippen LogP contribution in [-0.2, 0) is 19.1 Å². The van der Waals surface area contributed by atoms with Crippen LogP contribution in [0.25, 0.3) is 0 Å². The Kier molecular flexibility index (Phi) is 7.85. The normalized spacial score (nSPS) is 26.1. The quantitative estimate of drug-likeness (QED) is 0.139. The van der Waals surface area contributed by atoms with Crippen LogP contribution in [0.3, 0.4) is 0 Å². The number of β-lactam (4-membered cyclic amide) rings is 1. The number of rotatable bonds is 8. The molecule has 4 heterocycles. The fourth-order valence-electron chi connectivity index (χ4n) is 5.90. The molecule has 0 radical (unpaired) electrons. The number of likely N-dealkylation sites (tertiary alicyclic amines) is 1. The third kappa shape index (κ3) is 5.04. The van der Waals surface area contributed by atoms with Gasteiger partial charge in [0.05, 0.1) is 34.5 Å². The van der Waals surface area contributed by atoms with E-state index in [-0.39, 0.29) is 52.0 Å². The van der Waals surface area contributed by atoms with Gasteiger partial charge >= 0.3 is 11.9 Å². The van der Waals surface area contributed by atoms with Gasteiger partial charge in [-0.1, -0.05) is 6.92 Å². The molecule has 2 aromatic rings. The van der Waals surface area contributed by atoms with E-state index in [0.717, 1.165) is 12.1 Å². The molecule has 0 spiro atoms. The molecule has 0 saturated carbocycles. The minimum atomic E-state index is -0.994. The number of hydrogen-bond acceptors (Lipinski definition) is 12. The molecule has 2 amide bonds. The minimum absolute atomic E-state index is 0.00275. The van der Waals surface area contributed by atoms with E-state index in [1.807, 2.05) is 25.8 Å². The summed E-state index contributed by atoms with van der Waals surface area (Å²) in [6.07, 6.45) is 1.97. The number of amides is 2. The van der Waals surface area contributed by atoms with Gasteiger partial charge in [0.2, 0.25) is 11.8 Å². The average Bonchev–Trinajstić information content (AvgIpc) is 3.67. The maximum absolute atomic E-state index is 13.6. The molecule has 3 aliphatic heterocycles. The van der Waals surface area contributed by atoms with Crippen LogP contribution < -0.4 is 0 Å². The summed E-state index contributed by atoms with van der Waals surface area (Å²) in [6, 6.07) is 3.58. The van der Waals surface area contributed by atoms with Gasteiger partial charge in [0, 0.05) is 48.8 Å². The number of tetrazole rings is 1. The van der Waals surface area contributed by atoms with Crippen LogP contribution in [0.2, 0.25) is 0 Å². The summed E-state index contributed by atoms with van der Waals surface area (Å²) in [6.45, 7) is 4.33. The van der Waals surface area contributed by atoms with E-state index in [1.54, 1.807) is 19.0 Å². The van der Waals surface area contributed by atoms with Gasteiger partial charge in [0.25, 0.3) is 5.69 Å². The first-order chi connectivity index (χ1) is 19.9. The molecule has 1 aromatic heterocycles. The number of non-ortho nitro benzene ring substituents is 1. The Hall–Kier alpha value is -4.18. The maximum Gasteiger partial charge on any atom is 0.363 e. The van der Waals surface area contributed by atoms with Gasteiger partial charge in [-0.2, -0.15) is 0 Å². The number of aromatic nitrogens is 4. The summed E-state index contributed by atoms with van der Waals surface area (Å²) in [5.74, 6) is -3.11. The van der Waals surface area contributed by atoms with E-state index in [4.69, 9.17) is 4.74 Å². The highest BCUT2D eigenvalue weighted by atomic mass is 32.2. The van der Waals surface area contributed by atoms with Crippen molar-refractivity contribution in [3.05, 3.63) is 56.9 Å². The Morgan fingerprint density at radius 1 is 1.19 bits per heavy atom. The lowest BCUT2D eigenvalue weighted by molar-refractivity contribution is -0.384. The number of nitro groups is 1. The van der Waals surface area contributed by atoms with Gasteiger partial charge < -0.3 is 14.5 Å². The first-order valence-electron chi connectivity index (χ1n) is 13.3. The SMILES string of the molecule is C[C@H]([C@H]1C(=O)N2C(C(=O)OC(=O)c3ccc([N+](=O)[O-])cc3)=C(S[C@H]3C[C@@H](C(=O)N(C)C)N(C)C3)[C@H](C)[C@H]12)n1cnnn1. The summed E-state index contributed by atoms with van der Waals surface area (Å²) in [5, 5.41) is 22.2. The second kappa shape index (κ2) is 11.2. The molecule has 6 atom stereocenters. The zero-order chi connectivity index (χ0) is 30.5. The molecule has 2 fully saturated rings. The van der Waals surface area contributed by atoms with Crippen LogP contribution in [0.4, 0.5) is 5.69 Å². The largest absolute Gasteiger partial charge is 0.385 e. The lowest BCUT2D eigenvalue weighted by Gasteiger charge is -2.47. The van der Waals surface area contributed by atoms with Crippen LogP contribution in [-0.4, -0.2) is 109 Å². The van der Waals surface area contributed by atoms with Gasteiger partial charge in [0.15, 0.2) is 0 Å². The highest BCUT2D eigenvalue weighted by Crippen LogP contribution is 2.54. The smallest absolute Gasteiger partial charge is 0.363 e. The third-order valence-corrected chi connectivity index (χ3v) is 9.61. The monoisotopic (exact) mass is 598 g/mol. The number of thioether (sulfide) groups is 1. The third-order valence-electron chi connectivity index (χ3n) is 8.11. The van der Waals surface area contributed by atoms with Crippen molar-refractivity contribution in [1.82, 2.24) is 34.9 Å². The summed E-state index contributed by atoms with van der Waals surface area (Å²) >= 11 is 1.42. The molecule has 0 aliphatic carbocycles. The van der Waals surface area contributed by atoms with Gasteiger partial charge in [-0.15, -0.1) is 16.9 Å². The second-order valence-corrected chi connectivity index (χ2v) is 12.2. The van der Waals surface area contributed by atoms with Crippen LogP contribution in [0, 0.1) is 22.0 Å². The predicted molar refractivity (Wildman–Crippen MR) is 147 cm³/mol. The van der Waals surface area contributed by atoms with Crippen molar-refractivity contribution in [1.29, 1.82) is 0 Å². The Morgan fingerprint density at radius 3 is 2.48 bits per heavy atom. The topological polar surface area (TPSA) is 174 Å². The molecule has 15 nitrogen and oxygen atoms in total. The summed E-state index contributed by atoms with van der Waals surface area (Å²) in [4.78, 5) is 68.6. The zero-order valence-corrected chi connectivity index (χ0v) is 24.4. The summed E-state index contributed by atoms with van der Waals surface area (Å²) in [7, 11) is 5.28. The molecule has 0 unspecified atom stereocenters. The number of nitrogens with zero attached hydrogens (tertiary/aromatic N) is 8. The van der Waals surface area contributed by atoms with Gasteiger partial charge in [-0.05, 0) is 43.0 Å². The molecular formula is C26H30N8O7S. The number of fused-ring (bicyclic) bond motifs is 1. The lowest BCUT2D eigenvalue weighted by Crippen LogP contribution is -2.62. The number of nitro benzene ring substituents is 1. The fourth-order valence-corrected chi connectivity index (χ4v) is 7.50. The molecular weight excluding hydrogens is 568 g/mol. The molecule has 16 heteroatoms. The molecule has 222 valence electrons. The van der Waals surface area contributed by atoms with E-state index in [0.29, 0.717) is 17.9 Å². The molecule has 5 rings (SSSR count). The van der Waals surface area contributed by atoms with Crippen LogP contribution in [0.15, 0.2) is 41.2 Å². The highest BCUT2D eigenvalue weighted by Gasteiger charge is 2.61. The molecule has 0 N–H and O–H groups in total. The van der Waals surface area contributed by atoms with E-state index in [2.05, 4.69) is 15.5 Å². The van der Waals surface area contributed by atoms with Gasteiger partial charge in [-0.3, -0.25) is 24.6 Å². The number of carbonyl (C=O) groups is 4. The van der Waals surface area contributed by atoms with Crippen molar-refractivity contribution >= 4 is 41.2 Å². The number of ether oxygens (including phenoxy) is 1. The summed E-state index contributed by atoms with van der Waals surface area (Å²) in [5.41, 5.74) is -0.259. The van der Waals surface area contributed by atoms with E-state index >= 15 is 0 Å². The van der Waals surface area contributed by atoms with Gasteiger partial charge in [-0.25, -0.2) is 14.3 Å². The van der Waals surface area contributed by atoms with Crippen molar-refractivity contribution in [2.75, 3.05) is 27.7 Å². The first-order valence-corrected chi connectivity index (χ1v) is 14.2. The Bertz CT molecular complexity index is 1460. The number of likely N-dealkylation sites (N-methyl/N-ethyl adjacent to an activating group) is 2. The second-order valence-electron chi connectivity index (χ2n) is 10.9. The van der Waals surface area contributed by atoms with Crippen LogP contribution in [0.5, 0.6) is 0 Å². The van der Waals surface area contributed by atoms with Crippen molar-refractivity contribution < 1.29 is 28.8 Å². The van der Waals surface area contributed by atoms with Crippen LogP contribution >= 0.6 is 11.8 Å². The lowest BCUT2D eigenvalue weighted by atomic mass is 9.78. The minimum Gasteiger partial charge on any atom is -0.385 e. The fraction of sp³-hybridized carbons (Fsp3) is 0.500. The molecule has 2 saturated heterocycles. The molecule has 3 aliphatic rings. The number of carbonyl (C=O) groups excluding carboxylic acids is 4. The number of hydrogen-bond donors (Lipinski definition) is 0. The van der Waals surface area contributed by atoms with Crippen molar-refractivity contribution in [2.45, 2.75) is 43.6 Å². The Morgan fingerprint density at radius 2 is 1.88 bits per heavy atom. The van der Waals surface area contributed by atoms with Crippen molar-refractivity contribution in [3.63, 3.8) is 0 Å². The van der Waals surface area contributed by atoms with E-state index < -0.39 is 28.8 Å². The Labute approximate surface area is 245 Å². The predicted octanol–water partition coefficient (Wildman–Crippen LogP) is 1.11. The van der Waals surface area contributed by atoms with Crippen molar-refractivity contribution in [3.8, 4) is 0 Å². The molecule has 0 bridgehead atoms. The van der Waals surface area contributed by atoms with E-state index in [1.165, 1.54) is 39.8 Å². The Balaban J connectivity index is 1.42. The standard InChI is InChI=1S/C26H30N8O7S/c1-13-20-19(14(2)32-12-27-28-29-32)24(36)33(20)21(22(13)42-17-10-18(31(5)11-17)23(35)30(3)4)26(38)41-25(37)15-6-8-16(9-7-15)34(39)40/h6-9,12-14,17-20H,10-11H2,1-5H3/t13-,14-,17+,18+,19-,20-/m1/s1. The van der Waals surface area contributed by atoms with Gasteiger partial charge in [0.1, 0.15) is 12.0 Å².